The molecular weight excluding hydrogens is 267 g/mol. The van der Waals surface area contributed by atoms with E-state index in [1.807, 2.05) is 0 Å². The number of esters is 1. The highest BCUT2D eigenvalue weighted by molar-refractivity contribution is 5.91. The van der Waals surface area contributed by atoms with Gasteiger partial charge in [0.1, 0.15) is 5.57 Å². The van der Waals surface area contributed by atoms with E-state index < -0.39 is 41.2 Å². The maximum Gasteiger partial charge on any atom is 0.423 e. The lowest BCUT2D eigenvalue weighted by molar-refractivity contribution is -0.151. The summed E-state index contributed by atoms with van der Waals surface area (Å²) in [6.45, 7) is 1.18. The summed E-state index contributed by atoms with van der Waals surface area (Å²) < 4.78 is 43.0. The number of carbonyl (C=O) groups excluding carboxylic acids is 1. The fourth-order valence-electron chi connectivity index (χ4n) is 2.06. The lowest BCUT2D eigenvalue weighted by Crippen LogP contribution is -2.29. The van der Waals surface area contributed by atoms with Gasteiger partial charge in [-0.25, -0.2) is 4.79 Å². The number of carbonyl (C=O) groups is 2. The first kappa shape index (κ1) is 15.5. The maximum atomic E-state index is 12.9. The van der Waals surface area contributed by atoms with Crippen molar-refractivity contribution in [3.8, 4) is 0 Å². The number of hydrogen-bond donors (Lipinski definition) is 2. The number of carboxylic acids is 1. The molecule has 0 aromatic heterocycles. The van der Waals surface area contributed by atoms with Crippen LogP contribution in [0.4, 0.5) is 13.2 Å². The molecule has 0 aromatic carbocycles. The fraction of sp³-hybridized carbons (Fsp3) is 0.636. The lowest BCUT2D eigenvalue weighted by Gasteiger charge is -2.16. The molecule has 0 saturated heterocycles. The molecule has 2 atom stereocenters. The molecule has 0 amide bonds. The molecule has 1 rings (SSSR count). The summed E-state index contributed by atoms with van der Waals surface area (Å²) in [6, 6.07) is -1.10. The topological polar surface area (TPSA) is 89.6 Å². The highest BCUT2D eigenvalue weighted by atomic mass is 19.4. The van der Waals surface area contributed by atoms with Crippen molar-refractivity contribution in [1.82, 2.24) is 0 Å². The number of ether oxygens (including phenoxy) is 1. The van der Waals surface area contributed by atoms with Gasteiger partial charge in [0.2, 0.25) is 0 Å². The minimum absolute atomic E-state index is 0.121. The van der Waals surface area contributed by atoms with E-state index in [4.69, 9.17) is 10.8 Å². The van der Waals surface area contributed by atoms with Crippen molar-refractivity contribution in [2.24, 2.45) is 11.7 Å². The zero-order valence-corrected chi connectivity index (χ0v) is 10.2. The average Bonchev–Trinajstić information content (AvgIpc) is 2.59. The molecule has 8 heteroatoms. The number of rotatable bonds is 3. The first-order valence-electron chi connectivity index (χ1n) is 5.64. The van der Waals surface area contributed by atoms with Crippen molar-refractivity contribution in [1.29, 1.82) is 0 Å². The molecule has 1 fully saturated rings. The van der Waals surface area contributed by atoms with Gasteiger partial charge < -0.3 is 15.6 Å². The SMILES string of the molecule is CCOC(=O)/C(=C1\C[C@H](C(=O)O)C[C@@H]1N)C(F)(F)F. The van der Waals surface area contributed by atoms with Crippen LogP contribution >= 0.6 is 0 Å². The van der Waals surface area contributed by atoms with Gasteiger partial charge in [0.25, 0.3) is 0 Å². The third-order valence-corrected chi connectivity index (χ3v) is 2.89. The molecule has 0 unspecified atom stereocenters. The van der Waals surface area contributed by atoms with Crippen molar-refractivity contribution in [3.63, 3.8) is 0 Å². The molecule has 19 heavy (non-hydrogen) atoms. The summed E-state index contributed by atoms with van der Waals surface area (Å²) in [5.74, 6) is -3.74. The van der Waals surface area contributed by atoms with E-state index in [-0.39, 0.29) is 19.4 Å². The Labute approximate surface area is 107 Å². The first-order valence-corrected chi connectivity index (χ1v) is 5.64. The molecule has 0 aliphatic heterocycles. The largest absolute Gasteiger partial charge is 0.481 e. The van der Waals surface area contributed by atoms with Gasteiger partial charge in [-0.3, -0.25) is 4.79 Å². The van der Waals surface area contributed by atoms with E-state index in [0.717, 1.165) is 0 Å². The van der Waals surface area contributed by atoms with E-state index >= 15 is 0 Å². The van der Waals surface area contributed by atoms with Crippen molar-refractivity contribution >= 4 is 11.9 Å². The Morgan fingerprint density at radius 3 is 2.42 bits per heavy atom. The predicted octanol–water partition coefficient (Wildman–Crippen LogP) is 1.23. The monoisotopic (exact) mass is 281 g/mol. The van der Waals surface area contributed by atoms with E-state index in [2.05, 4.69) is 4.74 Å². The van der Waals surface area contributed by atoms with Gasteiger partial charge in [-0.05, 0) is 25.3 Å². The maximum absolute atomic E-state index is 12.9. The summed E-state index contributed by atoms with van der Waals surface area (Å²) in [5, 5.41) is 8.80. The molecule has 0 spiro atoms. The number of aliphatic carboxylic acids is 1. The molecule has 1 saturated carbocycles. The van der Waals surface area contributed by atoms with Gasteiger partial charge in [-0.1, -0.05) is 0 Å². The van der Waals surface area contributed by atoms with Crippen molar-refractivity contribution < 1.29 is 32.6 Å². The minimum Gasteiger partial charge on any atom is -0.481 e. The normalized spacial score (nSPS) is 26.2. The summed E-state index contributed by atoms with van der Waals surface area (Å²) in [7, 11) is 0. The Morgan fingerprint density at radius 1 is 1.47 bits per heavy atom. The van der Waals surface area contributed by atoms with Crippen LogP contribution in [0.5, 0.6) is 0 Å². The number of alkyl halides is 3. The number of carboxylic acid groups (broad SMARTS) is 1. The van der Waals surface area contributed by atoms with Crippen molar-refractivity contribution in [3.05, 3.63) is 11.1 Å². The van der Waals surface area contributed by atoms with Gasteiger partial charge >= 0.3 is 18.1 Å². The van der Waals surface area contributed by atoms with Crippen LogP contribution in [0.25, 0.3) is 0 Å². The summed E-state index contributed by atoms with van der Waals surface area (Å²) in [5.41, 5.74) is 3.65. The fourth-order valence-corrected chi connectivity index (χ4v) is 2.06. The van der Waals surface area contributed by atoms with Gasteiger partial charge in [0, 0.05) is 6.04 Å². The molecule has 1 aliphatic rings. The van der Waals surface area contributed by atoms with Crippen LogP contribution in [-0.2, 0) is 14.3 Å². The van der Waals surface area contributed by atoms with Crippen LogP contribution < -0.4 is 5.73 Å². The standard InChI is InChI=1S/C11H14F3NO4/c1-2-19-10(18)8(11(12,13)14)6-3-5(9(16)17)4-7(6)15/h5,7H,2-4,15H2,1H3,(H,16,17)/b8-6-/t5-,7-/m0/s1. The molecule has 5 nitrogen and oxygen atoms in total. The van der Waals surface area contributed by atoms with Crippen LogP contribution in [0, 0.1) is 5.92 Å². The van der Waals surface area contributed by atoms with Gasteiger partial charge in [0.15, 0.2) is 0 Å². The Hall–Kier alpha value is -1.57. The molecule has 3 N–H and O–H groups in total. The highest BCUT2D eigenvalue weighted by Crippen LogP contribution is 2.38. The summed E-state index contributed by atoms with van der Waals surface area (Å²) >= 11 is 0. The second-order valence-corrected chi connectivity index (χ2v) is 4.20. The van der Waals surface area contributed by atoms with Gasteiger partial charge in [-0.2, -0.15) is 13.2 Å². The van der Waals surface area contributed by atoms with Gasteiger partial charge in [-0.15, -0.1) is 0 Å². The summed E-state index contributed by atoms with van der Waals surface area (Å²) in [6.07, 6.45) is -5.42. The smallest absolute Gasteiger partial charge is 0.423 e. The molecular formula is C11H14F3NO4. The Kier molecular flexibility index (Phi) is 4.56. The average molecular weight is 281 g/mol. The lowest BCUT2D eigenvalue weighted by atomic mass is 10.0. The van der Waals surface area contributed by atoms with Crippen LogP contribution in [0.1, 0.15) is 19.8 Å². The molecule has 1 aliphatic carbocycles. The molecule has 0 heterocycles. The van der Waals surface area contributed by atoms with E-state index in [9.17, 15) is 22.8 Å². The van der Waals surface area contributed by atoms with E-state index in [1.165, 1.54) is 6.92 Å². The van der Waals surface area contributed by atoms with Crippen LogP contribution in [0.15, 0.2) is 11.1 Å². The molecule has 108 valence electrons. The van der Waals surface area contributed by atoms with Gasteiger partial charge in [0.05, 0.1) is 12.5 Å². The van der Waals surface area contributed by atoms with Crippen LogP contribution in [0.3, 0.4) is 0 Å². The number of nitrogens with two attached hydrogens (primary N) is 1. The number of halogens is 3. The minimum atomic E-state index is -4.91. The Morgan fingerprint density at radius 2 is 2.05 bits per heavy atom. The number of hydrogen-bond acceptors (Lipinski definition) is 4. The second-order valence-electron chi connectivity index (χ2n) is 4.20. The van der Waals surface area contributed by atoms with Crippen molar-refractivity contribution in [2.45, 2.75) is 32.0 Å². The molecule has 0 bridgehead atoms. The first-order chi connectivity index (χ1) is 8.68. The van der Waals surface area contributed by atoms with E-state index in [1.54, 1.807) is 0 Å². The second kappa shape index (κ2) is 5.60. The Bertz CT molecular complexity index is 417. The van der Waals surface area contributed by atoms with E-state index in [0.29, 0.717) is 0 Å². The van der Waals surface area contributed by atoms with Crippen LogP contribution in [-0.4, -0.2) is 35.9 Å². The third-order valence-electron chi connectivity index (χ3n) is 2.89. The molecule has 0 aromatic rings. The highest BCUT2D eigenvalue weighted by Gasteiger charge is 2.46. The predicted molar refractivity (Wildman–Crippen MR) is 58.0 cm³/mol. The third kappa shape index (κ3) is 3.46. The molecule has 0 radical (unpaired) electrons. The quantitative estimate of drug-likeness (QED) is 0.600. The Balaban J connectivity index is 3.19. The summed E-state index contributed by atoms with van der Waals surface area (Å²) in [4.78, 5) is 22.2. The van der Waals surface area contributed by atoms with Crippen LogP contribution in [0.2, 0.25) is 0 Å². The zero-order valence-electron chi connectivity index (χ0n) is 10.2. The van der Waals surface area contributed by atoms with Crippen molar-refractivity contribution in [2.75, 3.05) is 6.61 Å². The zero-order chi connectivity index (χ0) is 14.8.